The fourth-order valence-corrected chi connectivity index (χ4v) is 2.60. The van der Waals surface area contributed by atoms with Gasteiger partial charge in [-0.3, -0.25) is 4.79 Å². The van der Waals surface area contributed by atoms with Gasteiger partial charge in [-0.05, 0) is 36.0 Å². The van der Waals surface area contributed by atoms with Crippen molar-refractivity contribution in [3.63, 3.8) is 0 Å². The number of ketones is 1. The molecule has 1 aromatic carbocycles. The molecule has 0 N–H and O–H groups in total. The highest BCUT2D eigenvalue weighted by Gasteiger charge is 2.40. The number of halogens is 1. The normalized spacial score (nSPS) is 23.7. The van der Waals surface area contributed by atoms with Crippen molar-refractivity contribution in [1.82, 2.24) is 0 Å². The Morgan fingerprint density at radius 1 is 1.31 bits per heavy atom. The van der Waals surface area contributed by atoms with Gasteiger partial charge in [0.25, 0.3) is 0 Å². The smallest absolute Gasteiger partial charge is 0.136 e. The van der Waals surface area contributed by atoms with E-state index in [0.717, 1.165) is 24.3 Å². The van der Waals surface area contributed by atoms with Crippen LogP contribution in [0.3, 0.4) is 0 Å². The van der Waals surface area contributed by atoms with Crippen LogP contribution in [0.25, 0.3) is 0 Å². The van der Waals surface area contributed by atoms with Crippen molar-refractivity contribution in [3.05, 3.63) is 34.9 Å². The maximum absolute atomic E-state index is 11.8. The highest BCUT2D eigenvalue weighted by atomic mass is 35.5. The summed E-state index contributed by atoms with van der Waals surface area (Å²) in [5.74, 6) is 0.591. The molecule has 0 saturated heterocycles. The topological polar surface area (TPSA) is 17.1 Å². The first-order chi connectivity index (χ1) is 7.49. The molecule has 1 aliphatic carbocycles. The Morgan fingerprint density at radius 2 is 1.94 bits per heavy atom. The van der Waals surface area contributed by atoms with Crippen LogP contribution in [-0.2, 0) is 11.2 Å². The zero-order chi connectivity index (χ0) is 11.8. The van der Waals surface area contributed by atoms with E-state index in [9.17, 15) is 4.79 Å². The first-order valence-electron chi connectivity index (χ1n) is 5.76. The van der Waals surface area contributed by atoms with Gasteiger partial charge in [-0.1, -0.05) is 37.6 Å². The molecule has 0 spiro atoms. The van der Waals surface area contributed by atoms with Gasteiger partial charge in [0.2, 0.25) is 0 Å². The Bertz CT molecular complexity index is 392. The molecule has 0 amide bonds. The number of carbonyl (C=O) groups excluding carboxylic acids is 1. The summed E-state index contributed by atoms with van der Waals surface area (Å²) in [7, 11) is 0. The van der Waals surface area contributed by atoms with E-state index in [-0.39, 0.29) is 11.3 Å². The average Bonchev–Trinajstić information content (AvgIpc) is 2.48. The highest BCUT2D eigenvalue weighted by Crippen LogP contribution is 2.41. The number of hydrogen-bond acceptors (Lipinski definition) is 1. The standard InChI is InChI=1S/C14H17ClO/c1-14(2)8-7-13(16)12(14)9-10-3-5-11(15)6-4-10/h3-6,12H,7-9H2,1-2H3. The maximum atomic E-state index is 11.8. The minimum absolute atomic E-state index is 0.150. The number of carbonyl (C=O) groups is 1. The zero-order valence-electron chi connectivity index (χ0n) is 9.79. The van der Waals surface area contributed by atoms with Crippen LogP contribution >= 0.6 is 11.6 Å². The average molecular weight is 237 g/mol. The quantitative estimate of drug-likeness (QED) is 0.762. The van der Waals surface area contributed by atoms with Gasteiger partial charge < -0.3 is 0 Å². The molecule has 86 valence electrons. The Hall–Kier alpha value is -0.820. The van der Waals surface area contributed by atoms with Gasteiger partial charge in [-0.15, -0.1) is 0 Å². The van der Waals surface area contributed by atoms with Crippen molar-refractivity contribution in [1.29, 1.82) is 0 Å². The molecular weight excluding hydrogens is 220 g/mol. The van der Waals surface area contributed by atoms with Crippen LogP contribution in [-0.4, -0.2) is 5.78 Å². The predicted octanol–water partition coefficient (Wildman–Crippen LogP) is 3.89. The molecule has 1 atom stereocenters. The van der Waals surface area contributed by atoms with Crippen molar-refractivity contribution in [2.45, 2.75) is 33.1 Å². The Kier molecular flexibility index (Phi) is 3.07. The minimum atomic E-state index is 0.150. The number of hydrogen-bond donors (Lipinski definition) is 0. The summed E-state index contributed by atoms with van der Waals surface area (Å²) < 4.78 is 0. The molecule has 1 aliphatic rings. The zero-order valence-corrected chi connectivity index (χ0v) is 10.6. The molecule has 1 nitrogen and oxygen atoms in total. The van der Waals surface area contributed by atoms with Crippen LogP contribution < -0.4 is 0 Å². The van der Waals surface area contributed by atoms with E-state index in [1.54, 1.807) is 0 Å². The molecule has 1 unspecified atom stereocenters. The Morgan fingerprint density at radius 3 is 2.44 bits per heavy atom. The third-order valence-corrected chi connectivity index (χ3v) is 3.95. The SMILES string of the molecule is CC1(C)CCC(=O)C1Cc1ccc(Cl)cc1. The third kappa shape index (κ3) is 2.30. The van der Waals surface area contributed by atoms with Crippen molar-refractivity contribution < 1.29 is 4.79 Å². The van der Waals surface area contributed by atoms with Crippen molar-refractivity contribution in [3.8, 4) is 0 Å². The first kappa shape index (κ1) is 11.7. The van der Waals surface area contributed by atoms with Crippen LogP contribution in [0.5, 0.6) is 0 Å². The van der Waals surface area contributed by atoms with E-state index < -0.39 is 0 Å². The van der Waals surface area contributed by atoms with Gasteiger partial charge >= 0.3 is 0 Å². The number of Topliss-reactive ketones (excluding diaryl/α,β-unsaturated/α-hetero) is 1. The van der Waals surface area contributed by atoms with Crippen molar-refractivity contribution in [2.24, 2.45) is 11.3 Å². The van der Waals surface area contributed by atoms with E-state index in [2.05, 4.69) is 13.8 Å². The first-order valence-corrected chi connectivity index (χ1v) is 6.14. The number of rotatable bonds is 2. The molecule has 0 aromatic heterocycles. The lowest BCUT2D eigenvalue weighted by molar-refractivity contribution is -0.121. The molecule has 0 bridgehead atoms. The fourth-order valence-electron chi connectivity index (χ4n) is 2.48. The molecule has 2 heteroatoms. The van der Waals surface area contributed by atoms with Gasteiger partial charge in [-0.2, -0.15) is 0 Å². The van der Waals surface area contributed by atoms with E-state index >= 15 is 0 Å². The summed E-state index contributed by atoms with van der Waals surface area (Å²) in [6.07, 6.45) is 2.61. The second kappa shape index (κ2) is 4.21. The molecule has 0 heterocycles. The van der Waals surface area contributed by atoms with Crippen LogP contribution in [0.2, 0.25) is 5.02 Å². The van der Waals surface area contributed by atoms with Crippen molar-refractivity contribution >= 4 is 17.4 Å². The Balaban J connectivity index is 2.15. The van der Waals surface area contributed by atoms with Crippen LogP contribution in [0.4, 0.5) is 0 Å². The summed E-state index contributed by atoms with van der Waals surface area (Å²) >= 11 is 5.85. The maximum Gasteiger partial charge on any atom is 0.136 e. The largest absolute Gasteiger partial charge is 0.299 e. The van der Waals surface area contributed by atoms with E-state index in [1.165, 1.54) is 5.56 Å². The van der Waals surface area contributed by atoms with Crippen LogP contribution in [0.15, 0.2) is 24.3 Å². The van der Waals surface area contributed by atoms with Gasteiger partial charge in [-0.25, -0.2) is 0 Å². The highest BCUT2D eigenvalue weighted by molar-refractivity contribution is 6.30. The second-order valence-electron chi connectivity index (χ2n) is 5.34. The fraction of sp³-hybridized carbons (Fsp3) is 0.500. The van der Waals surface area contributed by atoms with Crippen LogP contribution in [0.1, 0.15) is 32.3 Å². The lowest BCUT2D eigenvalue weighted by Crippen LogP contribution is -2.24. The molecule has 1 aromatic rings. The molecule has 16 heavy (non-hydrogen) atoms. The van der Waals surface area contributed by atoms with Gasteiger partial charge in [0.05, 0.1) is 0 Å². The summed E-state index contributed by atoms with van der Waals surface area (Å²) in [6.45, 7) is 4.39. The van der Waals surface area contributed by atoms with E-state index in [0.29, 0.717) is 5.78 Å². The summed E-state index contributed by atoms with van der Waals surface area (Å²) in [5, 5.41) is 0.751. The van der Waals surface area contributed by atoms with Gasteiger partial charge in [0, 0.05) is 17.4 Å². The minimum Gasteiger partial charge on any atom is -0.299 e. The lowest BCUT2D eigenvalue weighted by atomic mass is 9.78. The molecule has 1 fully saturated rings. The molecular formula is C14H17ClO. The monoisotopic (exact) mass is 236 g/mol. The summed E-state index contributed by atoms with van der Waals surface area (Å²) in [5.41, 5.74) is 1.36. The molecule has 1 saturated carbocycles. The van der Waals surface area contributed by atoms with Crippen LogP contribution in [0, 0.1) is 11.3 Å². The molecule has 0 radical (unpaired) electrons. The second-order valence-corrected chi connectivity index (χ2v) is 5.77. The van der Waals surface area contributed by atoms with E-state index in [4.69, 9.17) is 11.6 Å². The summed E-state index contributed by atoms with van der Waals surface area (Å²) in [6, 6.07) is 7.82. The summed E-state index contributed by atoms with van der Waals surface area (Å²) in [4.78, 5) is 11.8. The third-order valence-electron chi connectivity index (χ3n) is 3.70. The van der Waals surface area contributed by atoms with Crippen molar-refractivity contribution in [2.75, 3.05) is 0 Å². The molecule has 0 aliphatic heterocycles. The van der Waals surface area contributed by atoms with Gasteiger partial charge in [0.1, 0.15) is 5.78 Å². The lowest BCUT2D eigenvalue weighted by Gasteiger charge is -2.25. The van der Waals surface area contributed by atoms with Gasteiger partial charge in [0.15, 0.2) is 0 Å². The Labute approximate surface area is 102 Å². The van der Waals surface area contributed by atoms with E-state index in [1.807, 2.05) is 24.3 Å². The predicted molar refractivity (Wildman–Crippen MR) is 66.7 cm³/mol. The number of benzene rings is 1. The molecule has 2 rings (SSSR count).